The molecule has 0 bridgehead atoms. The Morgan fingerprint density at radius 1 is 1.00 bits per heavy atom. The van der Waals surface area contributed by atoms with E-state index in [-0.39, 0.29) is 0 Å². The zero-order valence-corrected chi connectivity index (χ0v) is 14.6. The van der Waals surface area contributed by atoms with Gasteiger partial charge in [0.05, 0.1) is 0 Å². The molecule has 2 aliphatic rings. The van der Waals surface area contributed by atoms with Crippen LogP contribution in [0.1, 0.15) is 67.2 Å². The van der Waals surface area contributed by atoms with Crippen LogP contribution in [0.15, 0.2) is 0 Å². The second-order valence-electron chi connectivity index (χ2n) is 8.66. The number of nitrogens with zero attached hydrogens (tertiary/aromatic N) is 1. The summed E-state index contributed by atoms with van der Waals surface area (Å²) in [7, 11) is 0. The van der Waals surface area contributed by atoms with Crippen LogP contribution in [0.4, 0.5) is 0 Å². The maximum absolute atomic E-state index is 3.79. The summed E-state index contributed by atoms with van der Waals surface area (Å²) >= 11 is 0. The van der Waals surface area contributed by atoms with Gasteiger partial charge < -0.3 is 5.32 Å². The lowest BCUT2D eigenvalue weighted by atomic mass is 9.74. The molecule has 2 rings (SSSR count). The van der Waals surface area contributed by atoms with Gasteiger partial charge in [0.2, 0.25) is 0 Å². The maximum atomic E-state index is 3.79. The van der Waals surface area contributed by atoms with E-state index in [1.165, 1.54) is 38.8 Å². The van der Waals surface area contributed by atoms with Crippen molar-refractivity contribution in [3.63, 3.8) is 0 Å². The molecule has 1 saturated carbocycles. The molecule has 1 heterocycles. The van der Waals surface area contributed by atoms with E-state index in [4.69, 9.17) is 0 Å². The van der Waals surface area contributed by atoms with Gasteiger partial charge >= 0.3 is 0 Å². The Hall–Kier alpha value is -0.0800. The van der Waals surface area contributed by atoms with E-state index in [1.54, 1.807) is 0 Å². The van der Waals surface area contributed by atoms with Crippen molar-refractivity contribution in [2.24, 2.45) is 17.3 Å². The van der Waals surface area contributed by atoms with Gasteiger partial charge in [-0.25, -0.2) is 0 Å². The summed E-state index contributed by atoms with van der Waals surface area (Å²) < 4.78 is 0. The van der Waals surface area contributed by atoms with Crippen molar-refractivity contribution in [1.82, 2.24) is 10.2 Å². The summed E-state index contributed by atoms with van der Waals surface area (Å²) in [6, 6.07) is 2.25. The molecule has 2 unspecified atom stereocenters. The molecular weight excluding hydrogens is 244 g/mol. The highest BCUT2D eigenvalue weighted by atomic mass is 15.3. The average Bonchev–Trinajstić information content (AvgIpc) is 2.37. The molecule has 20 heavy (non-hydrogen) atoms. The fourth-order valence-corrected chi connectivity index (χ4v) is 4.02. The highest BCUT2D eigenvalue weighted by Crippen LogP contribution is 2.38. The molecule has 1 saturated heterocycles. The van der Waals surface area contributed by atoms with Crippen LogP contribution in [0.3, 0.4) is 0 Å². The van der Waals surface area contributed by atoms with Gasteiger partial charge in [-0.1, -0.05) is 41.5 Å². The first-order valence-corrected chi connectivity index (χ1v) is 8.79. The normalized spacial score (nSPS) is 33.0. The number of rotatable bonds is 3. The summed E-state index contributed by atoms with van der Waals surface area (Å²) in [5, 5.41) is 3.79. The van der Waals surface area contributed by atoms with Gasteiger partial charge in [-0.2, -0.15) is 0 Å². The van der Waals surface area contributed by atoms with E-state index < -0.39 is 0 Å². The first kappa shape index (κ1) is 16.3. The monoisotopic (exact) mass is 280 g/mol. The van der Waals surface area contributed by atoms with Crippen molar-refractivity contribution in [2.45, 2.75) is 85.4 Å². The molecular formula is C18H36N2. The topological polar surface area (TPSA) is 15.3 Å². The third-order valence-corrected chi connectivity index (χ3v) is 5.77. The summed E-state index contributed by atoms with van der Waals surface area (Å²) in [6.45, 7) is 16.8. The van der Waals surface area contributed by atoms with Gasteiger partial charge in [0.25, 0.3) is 0 Å². The van der Waals surface area contributed by atoms with Crippen LogP contribution in [-0.4, -0.2) is 36.1 Å². The van der Waals surface area contributed by atoms with Gasteiger partial charge in [0, 0.05) is 31.2 Å². The molecule has 1 N–H and O–H groups in total. The second-order valence-corrected chi connectivity index (χ2v) is 8.66. The first-order chi connectivity index (χ1) is 9.30. The average molecular weight is 280 g/mol. The smallest absolute Gasteiger partial charge is 0.0247 e. The van der Waals surface area contributed by atoms with Crippen molar-refractivity contribution in [3.8, 4) is 0 Å². The van der Waals surface area contributed by atoms with Crippen molar-refractivity contribution in [2.75, 3.05) is 13.1 Å². The summed E-state index contributed by atoms with van der Waals surface area (Å²) in [5.41, 5.74) is 0.579. The molecule has 1 aliphatic carbocycles. The Labute approximate surface area is 126 Å². The highest BCUT2D eigenvalue weighted by Gasteiger charge is 2.38. The van der Waals surface area contributed by atoms with E-state index in [1.807, 2.05) is 0 Å². The lowest BCUT2D eigenvalue weighted by Crippen LogP contribution is -2.62. The zero-order valence-electron chi connectivity index (χ0n) is 14.6. The number of nitrogens with one attached hydrogen (secondary N) is 1. The van der Waals surface area contributed by atoms with Crippen molar-refractivity contribution in [3.05, 3.63) is 0 Å². The molecule has 0 spiro atoms. The predicted octanol–water partition coefficient (Wildman–Crippen LogP) is 3.91. The predicted molar refractivity (Wildman–Crippen MR) is 88.0 cm³/mol. The zero-order chi connectivity index (χ0) is 14.9. The van der Waals surface area contributed by atoms with Crippen molar-refractivity contribution < 1.29 is 0 Å². The van der Waals surface area contributed by atoms with E-state index in [9.17, 15) is 0 Å². The van der Waals surface area contributed by atoms with Crippen molar-refractivity contribution in [1.29, 1.82) is 0 Å². The lowest BCUT2D eigenvalue weighted by molar-refractivity contribution is 0.0148. The molecule has 2 heteroatoms. The van der Waals surface area contributed by atoms with Gasteiger partial charge in [-0.3, -0.25) is 4.90 Å². The molecule has 0 aromatic heterocycles. The van der Waals surface area contributed by atoms with E-state index in [0.717, 1.165) is 23.9 Å². The Morgan fingerprint density at radius 2 is 1.60 bits per heavy atom. The molecule has 0 aromatic rings. The van der Waals surface area contributed by atoms with Crippen LogP contribution in [0.2, 0.25) is 0 Å². The van der Waals surface area contributed by atoms with Crippen molar-refractivity contribution >= 4 is 0 Å². The minimum absolute atomic E-state index is 0.579. The first-order valence-electron chi connectivity index (χ1n) is 8.79. The van der Waals surface area contributed by atoms with Gasteiger partial charge in [0.1, 0.15) is 0 Å². The van der Waals surface area contributed by atoms with Crippen LogP contribution in [0, 0.1) is 17.3 Å². The van der Waals surface area contributed by atoms with E-state index >= 15 is 0 Å². The van der Waals surface area contributed by atoms with E-state index in [2.05, 4.69) is 51.8 Å². The summed E-state index contributed by atoms with van der Waals surface area (Å²) in [4.78, 5) is 2.88. The van der Waals surface area contributed by atoms with Gasteiger partial charge in [-0.05, 0) is 42.9 Å². The quantitative estimate of drug-likeness (QED) is 0.843. The van der Waals surface area contributed by atoms with Crippen LogP contribution in [-0.2, 0) is 0 Å². The number of hydrogen-bond donors (Lipinski definition) is 1. The Kier molecular flexibility index (Phi) is 5.18. The maximum Gasteiger partial charge on any atom is 0.0247 e. The molecule has 1 aliphatic heterocycles. The van der Waals surface area contributed by atoms with Gasteiger partial charge in [-0.15, -0.1) is 0 Å². The van der Waals surface area contributed by atoms with Crippen LogP contribution in [0.5, 0.6) is 0 Å². The van der Waals surface area contributed by atoms with Crippen LogP contribution in [0.25, 0.3) is 0 Å². The van der Waals surface area contributed by atoms with E-state index in [0.29, 0.717) is 11.5 Å². The fraction of sp³-hybridized carbons (Fsp3) is 1.00. The lowest BCUT2D eigenvalue weighted by Gasteiger charge is -2.50. The molecule has 0 aromatic carbocycles. The standard InChI is InChI=1S/C18H36N2/c1-13(2)16-12-20(17(11-19-16)14(3)4)15-7-9-18(5,6)10-8-15/h13-17,19H,7-12H2,1-6H3. The molecule has 0 radical (unpaired) electrons. The summed E-state index contributed by atoms with van der Waals surface area (Å²) in [6.07, 6.45) is 5.61. The highest BCUT2D eigenvalue weighted by molar-refractivity contribution is 4.94. The van der Waals surface area contributed by atoms with Crippen LogP contribution >= 0.6 is 0 Å². The van der Waals surface area contributed by atoms with Crippen LogP contribution < -0.4 is 5.32 Å². The number of piperazine rings is 1. The molecule has 2 atom stereocenters. The number of hydrogen-bond acceptors (Lipinski definition) is 2. The van der Waals surface area contributed by atoms with Gasteiger partial charge in [0.15, 0.2) is 0 Å². The minimum Gasteiger partial charge on any atom is -0.311 e. The minimum atomic E-state index is 0.579. The molecule has 0 amide bonds. The third-order valence-electron chi connectivity index (χ3n) is 5.77. The Bertz CT molecular complexity index is 299. The fourth-order valence-electron chi connectivity index (χ4n) is 4.02. The SMILES string of the molecule is CC(C)C1CN(C2CCC(C)(C)CC2)C(C(C)C)CN1. The summed E-state index contributed by atoms with van der Waals surface area (Å²) in [5.74, 6) is 1.50. The molecule has 2 nitrogen and oxygen atoms in total. The molecule has 2 fully saturated rings. The Balaban J connectivity index is 2.04. The third kappa shape index (κ3) is 3.76. The second kappa shape index (κ2) is 6.36. The largest absolute Gasteiger partial charge is 0.311 e. The Morgan fingerprint density at radius 3 is 2.10 bits per heavy atom. The molecule has 118 valence electrons.